The third-order valence-corrected chi connectivity index (χ3v) is 2.34. The maximum atomic E-state index is 12.7. The van der Waals surface area contributed by atoms with Gasteiger partial charge in [-0.2, -0.15) is 0 Å². The highest BCUT2D eigenvalue weighted by Crippen LogP contribution is 2.01. The van der Waals surface area contributed by atoms with Crippen molar-refractivity contribution in [1.82, 2.24) is 10.6 Å². The van der Waals surface area contributed by atoms with Crippen molar-refractivity contribution in [2.24, 2.45) is 10.7 Å². The molecule has 0 aliphatic rings. The molecular formula is C14H19FN4O. The Morgan fingerprint density at radius 2 is 1.90 bits per heavy atom. The fourth-order valence-corrected chi connectivity index (χ4v) is 1.35. The van der Waals surface area contributed by atoms with E-state index in [4.69, 9.17) is 5.73 Å². The van der Waals surface area contributed by atoms with E-state index in [1.54, 1.807) is 0 Å². The Kier molecular flexibility index (Phi) is 6.22. The summed E-state index contributed by atoms with van der Waals surface area (Å²) in [6, 6.07) is 5.35. The van der Waals surface area contributed by atoms with E-state index < -0.39 is 0 Å². The van der Waals surface area contributed by atoms with Gasteiger partial charge < -0.3 is 16.4 Å². The van der Waals surface area contributed by atoms with Crippen LogP contribution in [0, 0.1) is 5.82 Å². The first-order valence-corrected chi connectivity index (χ1v) is 6.21. The Hall–Kier alpha value is -2.37. The fourth-order valence-electron chi connectivity index (χ4n) is 1.35. The van der Waals surface area contributed by atoms with E-state index >= 15 is 0 Å². The molecular weight excluding hydrogens is 259 g/mol. The van der Waals surface area contributed by atoms with Crippen LogP contribution in [0.2, 0.25) is 0 Å². The molecule has 0 saturated heterocycles. The first-order valence-electron chi connectivity index (χ1n) is 6.21. The lowest BCUT2D eigenvalue weighted by molar-refractivity contribution is 0.0954. The summed E-state index contributed by atoms with van der Waals surface area (Å²) in [5.74, 6) is -0.321. The number of halogens is 1. The summed E-state index contributed by atoms with van der Waals surface area (Å²) in [4.78, 5) is 15.7. The van der Waals surface area contributed by atoms with Crippen LogP contribution in [-0.4, -0.2) is 31.5 Å². The SMILES string of the molecule is C=C(C)CN=C(N)NCCNC(=O)c1ccc(F)cc1. The Morgan fingerprint density at radius 3 is 2.50 bits per heavy atom. The van der Waals surface area contributed by atoms with Crippen molar-refractivity contribution in [3.05, 3.63) is 47.8 Å². The van der Waals surface area contributed by atoms with Gasteiger partial charge in [0.1, 0.15) is 5.82 Å². The Labute approximate surface area is 117 Å². The van der Waals surface area contributed by atoms with Crippen molar-refractivity contribution < 1.29 is 9.18 Å². The van der Waals surface area contributed by atoms with Crippen LogP contribution in [0.25, 0.3) is 0 Å². The van der Waals surface area contributed by atoms with Crippen molar-refractivity contribution in [3.63, 3.8) is 0 Å². The third kappa shape index (κ3) is 5.99. The van der Waals surface area contributed by atoms with Gasteiger partial charge in [0, 0.05) is 18.7 Å². The number of carbonyl (C=O) groups excluding carboxylic acids is 1. The van der Waals surface area contributed by atoms with Crippen LogP contribution in [0.3, 0.4) is 0 Å². The van der Waals surface area contributed by atoms with Crippen LogP contribution >= 0.6 is 0 Å². The number of guanidine groups is 1. The number of amides is 1. The number of nitrogens with one attached hydrogen (secondary N) is 2. The molecule has 0 aliphatic carbocycles. The number of nitrogens with zero attached hydrogens (tertiary/aromatic N) is 1. The molecule has 0 aromatic heterocycles. The lowest BCUT2D eigenvalue weighted by Crippen LogP contribution is -2.38. The van der Waals surface area contributed by atoms with Gasteiger partial charge in [-0.3, -0.25) is 4.79 Å². The summed E-state index contributed by atoms with van der Waals surface area (Å²) in [5.41, 5.74) is 6.94. The first kappa shape index (κ1) is 15.7. The van der Waals surface area contributed by atoms with E-state index in [1.807, 2.05) is 6.92 Å². The molecule has 1 aromatic carbocycles. The Morgan fingerprint density at radius 1 is 1.30 bits per heavy atom. The summed E-state index contributed by atoms with van der Waals surface area (Å²) in [7, 11) is 0. The Balaban J connectivity index is 2.27. The molecule has 0 aliphatic heterocycles. The van der Waals surface area contributed by atoms with Gasteiger partial charge in [-0.25, -0.2) is 9.38 Å². The van der Waals surface area contributed by atoms with Gasteiger partial charge in [-0.1, -0.05) is 12.2 Å². The smallest absolute Gasteiger partial charge is 0.251 e. The highest BCUT2D eigenvalue weighted by Gasteiger charge is 2.04. The van der Waals surface area contributed by atoms with Gasteiger partial charge >= 0.3 is 0 Å². The lowest BCUT2D eigenvalue weighted by Gasteiger charge is -2.07. The topological polar surface area (TPSA) is 79.5 Å². The average molecular weight is 278 g/mol. The zero-order valence-electron chi connectivity index (χ0n) is 11.4. The molecule has 5 nitrogen and oxygen atoms in total. The van der Waals surface area contributed by atoms with E-state index in [9.17, 15) is 9.18 Å². The van der Waals surface area contributed by atoms with Crippen LogP contribution in [0.15, 0.2) is 41.4 Å². The molecule has 1 amide bonds. The maximum absolute atomic E-state index is 12.7. The molecule has 108 valence electrons. The summed E-state index contributed by atoms with van der Waals surface area (Å²) in [5, 5.41) is 5.55. The molecule has 4 N–H and O–H groups in total. The summed E-state index contributed by atoms with van der Waals surface area (Å²) >= 11 is 0. The molecule has 0 radical (unpaired) electrons. The van der Waals surface area contributed by atoms with Crippen molar-refractivity contribution >= 4 is 11.9 Å². The van der Waals surface area contributed by atoms with E-state index in [2.05, 4.69) is 22.2 Å². The largest absolute Gasteiger partial charge is 0.370 e. The predicted molar refractivity (Wildman–Crippen MR) is 78.0 cm³/mol. The van der Waals surface area contributed by atoms with E-state index in [-0.39, 0.29) is 11.7 Å². The molecule has 0 unspecified atom stereocenters. The molecule has 0 saturated carbocycles. The normalized spacial score (nSPS) is 11.0. The summed E-state index contributed by atoms with van der Waals surface area (Å²) in [6.45, 7) is 6.89. The first-order chi connectivity index (χ1) is 9.49. The third-order valence-electron chi connectivity index (χ3n) is 2.34. The van der Waals surface area contributed by atoms with Crippen LogP contribution in [0.1, 0.15) is 17.3 Å². The monoisotopic (exact) mass is 278 g/mol. The second-order valence-corrected chi connectivity index (χ2v) is 4.35. The zero-order valence-corrected chi connectivity index (χ0v) is 11.4. The number of carbonyl (C=O) groups is 1. The molecule has 0 spiro atoms. The number of hydrogen-bond acceptors (Lipinski definition) is 2. The quantitative estimate of drug-likeness (QED) is 0.315. The molecule has 20 heavy (non-hydrogen) atoms. The molecule has 0 heterocycles. The van der Waals surface area contributed by atoms with E-state index in [0.717, 1.165) is 5.57 Å². The number of aliphatic imine (C=N–C) groups is 1. The fraction of sp³-hybridized carbons (Fsp3) is 0.286. The second kappa shape index (κ2) is 7.93. The molecule has 0 atom stereocenters. The number of hydrogen-bond donors (Lipinski definition) is 3. The predicted octanol–water partition coefficient (Wildman–Crippen LogP) is 1.04. The van der Waals surface area contributed by atoms with Gasteiger partial charge in [0.25, 0.3) is 5.91 Å². The highest BCUT2D eigenvalue weighted by atomic mass is 19.1. The maximum Gasteiger partial charge on any atom is 0.251 e. The molecule has 0 bridgehead atoms. The number of rotatable bonds is 6. The van der Waals surface area contributed by atoms with Crippen molar-refractivity contribution in [1.29, 1.82) is 0 Å². The van der Waals surface area contributed by atoms with Crippen molar-refractivity contribution in [2.75, 3.05) is 19.6 Å². The minimum absolute atomic E-state index is 0.260. The van der Waals surface area contributed by atoms with E-state index in [0.29, 0.717) is 31.2 Å². The van der Waals surface area contributed by atoms with Crippen LogP contribution in [0.4, 0.5) is 4.39 Å². The van der Waals surface area contributed by atoms with Crippen LogP contribution < -0.4 is 16.4 Å². The molecule has 1 rings (SSSR count). The van der Waals surface area contributed by atoms with Crippen LogP contribution in [0.5, 0.6) is 0 Å². The average Bonchev–Trinajstić information content (AvgIpc) is 2.42. The van der Waals surface area contributed by atoms with Gasteiger partial charge in [0.05, 0.1) is 6.54 Å². The Bertz CT molecular complexity index is 496. The molecule has 0 fully saturated rings. The van der Waals surface area contributed by atoms with Gasteiger partial charge in [-0.15, -0.1) is 0 Å². The van der Waals surface area contributed by atoms with Gasteiger partial charge in [-0.05, 0) is 31.2 Å². The number of benzene rings is 1. The minimum atomic E-state index is -0.371. The second-order valence-electron chi connectivity index (χ2n) is 4.35. The van der Waals surface area contributed by atoms with Gasteiger partial charge in [0.15, 0.2) is 5.96 Å². The van der Waals surface area contributed by atoms with Crippen molar-refractivity contribution in [2.45, 2.75) is 6.92 Å². The highest BCUT2D eigenvalue weighted by molar-refractivity contribution is 5.94. The van der Waals surface area contributed by atoms with E-state index in [1.165, 1.54) is 24.3 Å². The summed E-state index contributed by atoms with van der Waals surface area (Å²) in [6.07, 6.45) is 0. The van der Waals surface area contributed by atoms with Gasteiger partial charge in [0.2, 0.25) is 0 Å². The zero-order chi connectivity index (χ0) is 15.0. The standard InChI is InChI=1S/C14H19FN4O/c1-10(2)9-19-14(16)18-8-7-17-13(20)11-3-5-12(15)6-4-11/h3-6H,1,7-9H2,2H3,(H,17,20)(H3,16,18,19). The molecule has 6 heteroatoms. The van der Waals surface area contributed by atoms with Crippen molar-refractivity contribution in [3.8, 4) is 0 Å². The molecule has 1 aromatic rings. The summed E-state index contributed by atoms with van der Waals surface area (Å²) < 4.78 is 12.7. The minimum Gasteiger partial charge on any atom is -0.370 e. The van der Waals surface area contributed by atoms with Crippen LogP contribution in [-0.2, 0) is 0 Å². The number of nitrogens with two attached hydrogens (primary N) is 1. The lowest BCUT2D eigenvalue weighted by atomic mass is 10.2.